The Hall–Kier alpha value is -0.930. The first-order valence-electron chi connectivity index (χ1n) is 8.02. The lowest BCUT2D eigenvalue weighted by molar-refractivity contribution is 0.0697. The van der Waals surface area contributed by atoms with E-state index in [1.807, 2.05) is 18.5 Å². The number of likely N-dealkylation sites (N-methyl/N-ethyl adjacent to an activating group) is 1. The van der Waals surface area contributed by atoms with E-state index in [4.69, 9.17) is 0 Å². The third-order valence-corrected chi connectivity index (χ3v) is 4.44. The lowest BCUT2D eigenvalue weighted by Gasteiger charge is -2.46. The van der Waals surface area contributed by atoms with Crippen LogP contribution in [0.5, 0.6) is 0 Å². The molecule has 0 aliphatic heterocycles. The summed E-state index contributed by atoms with van der Waals surface area (Å²) in [7, 11) is 0. The summed E-state index contributed by atoms with van der Waals surface area (Å²) in [4.78, 5) is 6.88. The van der Waals surface area contributed by atoms with Crippen LogP contribution in [0.2, 0.25) is 0 Å². The third kappa shape index (κ3) is 3.80. The fourth-order valence-corrected chi connectivity index (χ4v) is 3.09. The first-order valence-corrected chi connectivity index (χ1v) is 8.02. The molecule has 1 aromatic rings. The van der Waals surface area contributed by atoms with Gasteiger partial charge in [-0.15, -0.1) is 0 Å². The molecule has 1 N–H and O–H groups in total. The zero-order valence-corrected chi connectivity index (χ0v) is 13.8. The molecular formula is C17H31N3. The van der Waals surface area contributed by atoms with Crippen LogP contribution in [0, 0.1) is 0 Å². The van der Waals surface area contributed by atoms with Gasteiger partial charge in [-0.2, -0.15) is 0 Å². The summed E-state index contributed by atoms with van der Waals surface area (Å²) in [6.45, 7) is 14.6. The smallest absolute Gasteiger partial charge is 0.0519 e. The van der Waals surface area contributed by atoms with Crippen LogP contribution in [-0.2, 0) is 0 Å². The average Bonchev–Trinajstić information content (AvgIpc) is 2.49. The summed E-state index contributed by atoms with van der Waals surface area (Å²) in [5.41, 5.74) is 1.40. The van der Waals surface area contributed by atoms with E-state index in [0.29, 0.717) is 6.04 Å². The normalized spacial score (nSPS) is 16.1. The minimum absolute atomic E-state index is 0.113. The molecule has 0 bridgehead atoms. The minimum atomic E-state index is 0.113. The second-order valence-electron chi connectivity index (χ2n) is 5.56. The lowest BCUT2D eigenvalue weighted by Crippen LogP contribution is -2.54. The summed E-state index contributed by atoms with van der Waals surface area (Å²) in [5, 5.41) is 3.74. The Morgan fingerprint density at radius 1 is 1.25 bits per heavy atom. The van der Waals surface area contributed by atoms with Crippen molar-refractivity contribution in [3.8, 4) is 0 Å². The predicted molar refractivity (Wildman–Crippen MR) is 86.9 cm³/mol. The number of nitrogens with one attached hydrogen (secondary N) is 1. The van der Waals surface area contributed by atoms with Crippen molar-refractivity contribution < 1.29 is 0 Å². The van der Waals surface area contributed by atoms with Crippen LogP contribution in [0.4, 0.5) is 0 Å². The molecule has 20 heavy (non-hydrogen) atoms. The van der Waals surface area contributed by atoms with Crippen molar-refractivity contribution in [2.24, 2.45) is 0 Å². The number of aromatic nitrogens is 1. The molecule has 3 heteroatoms. The molecule has 1 rings (SSSR count). The van der Waals surface area contributed by atoms with Gasteiger partial charge in [0.15, 0.2) is 0 Å². The molecule has 1 aromatic heterocycles. The van der Waals surface area contributed by atoms with Gasteiger partial charge in [0.05, 0.1) is 6.04 Å². The van der Waals surface area contributed by atoms with Crippen LogP contribution < -0.4 is 5.32 Å². The highest BCUT2D eigenvalue weighted by Gasteiger charge is 2.37. The van der Waals surface area contributed by atoms with E-state index in [0.717, 1.165) is 32.5 Å². The molecule has 3 nitrogen and oxygen atoms in total. The Kier molecular flexibility index (Phi) is 7.17. The fourth-order valence-electron chi connectivity index (χ4n) is 3.09. The van der Waals surface area contributed by atoms with Crippen molar-refractivity contribution in [3.63, 3.8) is 0 Å². The second kappa shape index (κ2) is 8.38. The number of pyridine rings is 1. The maximum Gasteiger partial charge on any atom is 0.0519 e. The highest BCUT2D eigenvalue weighted by Crippen LogP contribution is 2.33. The molecule has 0 saturated carbocycles. The van der Waals surface area contributed by atoms with Gasteiger partial charge in [0.25, 0.3) is 0 Å². The first kappa shape index (κ1) is 17.1. The van der Waals surface area contributed by atoms with E-state index >= 15 is 0 Å². The summed E-state index contributed by atoms with van der Waals surface area (Å²) in [6, 6.07) is 4.55. The van der Waals surface area contributed by atoms with Crippen LogP contribution >= 0.6 is 0 Å². The van der Waals surface area contributed by atoms with Gasteiger partial charge in [0.2, 0.25) is 0 Å². The topological polar surface area (TPSA) is 28.2 Å². The van der Waals surface area contributed by atoms with Crippen LogP contribution in [0.3, 0.4) is 0 Å². The summed E-state index contributed by atoms with van der Waals surface area (Å²) < 4.78 is 0. The minimum Gasteiger partial charge on any atom is -0.308 e. The Labute approximate surface area is 124 Å². The van der Waals surface area contributed by atoms with Gasteiger partial charge in [-0.05, 0) is 51.0 Å². The number of nitrogens with zero attached hydrogens (tertiary/aromatic N) is 2. The molecule has 0 aromatic carbocycles. The maximum absolute atomic E-state index is 4.31. The Morgan fingerprint density at radius 3 is 2.40 bits per heavy atom. The largest absolute Gasteiger partial charge is 0.308 e. The molecule has 1 heterocycles. The molecule has 2 unspecified atom stereocenters. The predicted octanol–water partition coefficient (Wildman–Crippen LogP) is 3.63. The maximum atomic E-state index is 4.31. The molecule has 0 amide bonds. The second-order valence-corrected chi connectivity index (χ2v) is 5.56. The van der Waals surface area contributed by atoms with Crippen LogP contribution in [0.25, 0.3) is 0 Å². The molecule has 0 spiro atoms. The van der Waals surface area contributed by atoms with Crippen molar-refractivity contribution in [3.05, 3.63) is 30.1 Å². The molecule has 0 aliphatic rings. The van der Waals surface area contributed by atoms with Gasteiger partial charge in [-0.25, -0.2) is 0 Å². The molecule has 114 valence electrons. The van der Waals surface area contributed by atoms with Crippen LogP contribution in [0.15, 0.2) is 24.5 Å². The summed E-state index contributed by atoms with van der Waals surface area (Å²) >= 11 is 0. The highest BCUT2D eigenvalue weighted by molar-refractivity contribution is 5.19. The average molecular weight is 277 g/mol. The zero-order valence-electron chi connectivity index (χ0n) is 13.8. The van der Waals surface area contributed by atoms with E-state index in [1.165, 1.54) is 5.56 Å². The Morgan fingerprint density at radius 2 is 1.95 bits per heavy atom. The van der Waals surface area contributed by atoms with Crippen molar-refractivity contribution in [2.45, 2.75) is 59.0 Å². The molecule has 0 radical (unpaired) electrons. The summed E-state index contributed by atoms with van der Waals surface area (Å²) in [5.74, 6) is 0. The first-order chi connectivity index (χ1) is 9.63. The Balaban J connectivity index is 3.12. The Bertz CT molecular complexity index is 362. The standard InChI is InChI=1S/C17H31N3/c1-6-12-19-16(15-11-10-13-18-14-15)17(5,7-2)20(8-3)9-4/h10-11,13-14,16,19H,6-9,12H2,1-5H3. The van der Waals surface area contributed by atoms with Gasteiger partial charge < -0.3 is 5.32 Å². The van der Waals surface area contributed by atoms with E-state index in [2.05, 4.69) is 55.9 Å². The van der Waals surface area contributed by atoms with Crippen LogP contribution in [-0.4, -0.2) is 35.1 Å². The van der Waals surface area contributed by atoms with Gasteiger partial charge >= 0.3 is 0 Å². The van der Waals surface area contributed by atoms with Gasteiger partial charge in [-0.1, -0.05) is 33.8 Å². The number of rotatable bonds is 9. The number of hydrogen-bond donors (Lipinski definition) is 1. The molecule has 2 atom stereocenters. The zero-order chi connectivity index (χ0) is 15.0. The van der Waals surface area contributed by atoms with Crippen molar-refractivity contribution >= 4 is 0 Å². The van der Waals surface area contributed by atoms with Gasteiger partial charge in [0, 0.05) is 17.9 Å². The van der Waals surface area contributed by atoms with E-state index in [-0.39, 0.29) is 5.54 Å². The van der Waals surface area contributed by atoms with E-state index in [1.54, 1.807) is 0 Å². The molecule has 0 saturated heterocycles. The fraction of sp³-hybridized carbons (Fsp3) is 0.706. The molecular weight excluding hydrogens is 246 g/mol. The highest BCUT2D eigenvalue weighted by atomic mass is 15.2. The third-order valence-electron chi connectivity index (χ3n) is 4.44. The molecule has 0 fully saturated rings. The van der Waals surface area contributed by atoms with E-state index < -0.39 is 0 Å². The SMILES string of the molecule is CCCNC(c1cccnc1)C(C)(CC)N(CC)CC. The summed E-state index contributed by atoms with van der Waals surface area (Å²) in [6.07, 6.45) is 6.12. The van der Waals surface area contributed by atoms with Gasteiger partial charge in [0.1, 0.15) is 0 Å². The monoisotopic (exact) mass is 277 g/mol. The quantitative estimate of drug-likeness (QED) is 0.747. The molecule has 0 aliphatic carbocycles. The lowest BCUT2D eigenvalue weighted by atomic mass is 9.83. The van der Waals surface area contributed by atoms with Crippen molar-refractivity contribution in [1.29, 1.82) is 0 Å². The number of hydrogen-bond acceptors (Lipinski definition) is 3. The van der Waals surface area contributed by atoms with Gasteiger partial charge in [-0.3, -0.25) is 9.88 Å². The van der Waals surface area contributed by atoms with Crippen molar-refractivity contribution in [2.75, 3.05) is 19.6 Å². The van der Waals surface area contributed by atoms with E-state index in [9.17, 15) is 0 Å². The van der Waals surface area contributed by atoms with Crippen molar-refractivity contribution in [1.82, 2.24) is 15.2 Å². The van der Waals surface area contributed by atoms with Crippen LogP contribution in [0.1, 0.15) is 59.1 Å².